The van der Waals surface area contributed by atoms with Crippen LogP contribution in [0.4, 0.5) is 0 Å². The lowest BCUT2D eigenvalue weighted by atomic mass is 10.0. The Morgan fingerprint density at radius 1 is 1.37 bits per heavy atom. The van der Waals surface area contributed by atoms with E-state index in [1.165, 1.54) is 6.08 Å². The van der Waals surface area contributed by atoms with Gasteiger partial charge in [-0.05, 0) is 36.6 Å². The number of carboxylic acid groups (broad SMARTS) is 1. The molecule has 0 atom stereocenters. The summed E-state index contributed by atoms with van der Waals surface area (Å²) in [6.07, 6.45) is 3.49. The molecule has 0 unspecified atom stereocenters. The van der Waals surface area contributed by atoms with Crippen LogP contribution in [0.5, 0.6) is 0 Å². The van der Waals surface area contributed by atoms with Gasteiger partial charge in [0.05, 0.1) is 0 Å². The van der Waals surface area contributed by atoms with Gasteiger partial charge in [-0.1, -0.05) is 19.1 Å². The predicted molar refractivity (Wildman–Crippen MR) is 75.1 cm³/mol. The van der Waals surface area contributed by atoms with E-state index in [0.29, 0.717) is 12.1 Å². The van der Waals surface area contributed by atoms with E-state index < -0.39 is 5.97 Å². The summed E-state index contributed by atoms with van der Waals surface area (Å²) in [5.41, 5.74) is 2.16. The summed E-state index contributed by atoms with van der Waals surface area (Å²) in [5.74, 6) is -1.04. The zero-order chi connectivity index (χ0) is 14.4. The quantitative estimate of drug-likeness (QED) is 0.829. The maximum absolute atomic E-state index is 12.2. The highest BCUT2D eigenvalue weighted by atomic mass is 16.4. The lowest BCUT2D eigenvalue weighted by Crippen LogP contribution is -2.28. The smallest absolute Gasteiger partial charge is 0.328 e. The van der Waals surface area contributed by atoms with Gasteiger partial charge in [0.1, 0.15) is 0 Å². The number of hydrogen-bond donors (Lipinski definition) is 1. The molecule has 0 fully saturated rings. The molecule has 0 aliphatic carbocycles. The van der Waals surface area contributed by atoms with Crippen LogP contribution in [0.3, 0.4) is 0 Å². The van der Waals surface area contributed by atoms with Crippen molar-refractivity contribution in [2.45, 2.75) is 20.3 Å². The van der Waals surface area contributed by atoms with Crippen LogP contribution in [0.1, 0.15) is 34.8 Å². The molecule has 1 rings (SSSR count). The summed E-state index contributed by atoms with van der Waals surface area (Å²) in [6.45, 7) is 4.55. The molecule has 0 radical (unpaired) electrons. The van der Waals surface area contributed by atoms with Gasteiger partial charge in [0.25, 0.3) is 5.91 Å². The van der Waals surface area contributed by atoms with Crippen molar-refractivity contribution in [3.8, 4) is 0 Å². The second-order valence-corrected chi connectivity index (χ2v) is 4.42. The van der Waals surface area contributed by atoms with Crippen molar-refractivity contribution in [3.05, 3.63) is 41.0 Å². The molecule has 1 amide bonds. The van der Waals surface area contributed by atoms with Crippen LogP contribution in [-0.4, -0.2) is 35.5 Å². The van der Waals surface area contributed by atoms with Crippen LogP contribution >= 0.6 is 0 Å². The summed E-state index contributed by atoms with van der Waals surface area (Å²) in [5, 5.41) is 8.64. The van der Waals surface area contributed by atoms with E-state index in [2.05, 4.69) is 0 Å². The molecule has 1 aromatic rings. The second kappa shape index (κ2) is 6.73. The van der Waals surface area contributed by atoms with Crippen molar-refractivity contribution in [2.75, 3.05) is 13.6 Å². The molecule has 4 nitrogen and oxygen atoms in total. The number of carbonyl (C=O) groups is 2. The Labute approximate surface area is 113 Å². The molecule has 0 saturated carbocycles. The molecule has 0 aromatic heterocycles. The Balaban J connectivity index is 3.07. The van der Waals surface area contributed by atoms with Crippen LogP contribution in [0.2, 0.25) is 0 Å². The number of amides is 1. The summed E-state index contributed by atoms with van der Waals surface area (Å²) in [7, 11) is 1.77. The Bertz CT molecular complexity index is 506. The first-order valence-corrected chi connectivity index (χ1v) is 6.23. The molecular weight excluding hydrogens is 242 g/mol. The number of nitrogens with zero attached hydrogens (tertiary/aromatic N) is 1. The first-order chi connectivity index (χ1) is 8.97. The van der Waals surface area contributed by atoms with Crippen molar-refractivity contribution in [1.82, 2.24) is 4.90 Å². The molecule has 19 heavy (non-hydrogen) atoms. The van der Waals surface area contributed by atoms with Crippen molar-refractivity contribution >= 4 is 18.0 Å². The number of benzene rings is 1. The first kappa shape index (κ1) is 15.0. The molecule has 0 heterocycles. The Hall–Kier alpha value is -2.10. The van der Waals surface area contributed by atoms with Gasteiger partial charge in [-0.15, -0.1) is 0 Å². The standard InChI is InChI=1S/C15H19NO3/c1-4-10-16(3)15(19)13-7-5-6-12(11(13)2)8-9-14(17)18/h5-9H,4,10H2,1-3H3,(H,17,18). The fraction of sp³-hybridized carbons (Fsp3) is 0.333. The van der Waals surface area contributed by atoms with E-state index >= 15 is 0 Å². The molecule has 0 spiro atoms. The van der Waals surface area contributed by atoms with Gasteiger partial charge >= 0.3 is 5.97 Å². The minimum Gasteiger partial charge on any atom is -0.478 e. The lowest BCUT2D eigenvalue weighted by Gasteiger charge is -2.18. The van der Waals surface area contributed by atoms with Gasteiger partial charge in [-0.3, -0.25) is 4.79 Å². The molecule has 1 N–H and O–H groups in total. The highest BCUT2D eigenvalue weighted by Gasteiger charge is 2.14. The van der Waals surface area contributed by atoms with E-state index in [-0.39, 0.29) is 5.91 Å². The fourth-order valence-corrected chi connectivity index (χ4v) is 1.87. The molecule has 4 heteroatoms. The number of carbonyl (C=O) groups excluding carboxylic acids is 1. The molecule has 1 aromatic carbocycles. The highest BCUT2D eigenvalue weighted by Crippen LogP contribution is 2.17. The topological polar surface area (TPSA) is 57.6 Å². The predicted octanol–water partition coefficient (Wildman–Crippen LogP) is 2.57. The maximum Gasteiger partial charge on any atom is 0.328 e. The average Bonchev–Trinajstić information content (AvgIpc) is 2.37. The van der Waals surface area contributed by atoms with E-state index in [1.54, 1.807) is 30.1 Å². The van der Waals surface area contributed by atoms with Crippen LogP contribution in [-0.2, 0) is 4.79 Å². The third-order valence-corrected chi connectivity index (χ3v) is 2.92. The van der Waals surface area contributed by atoms with Crippen LogP contribution in [0.25, 0.3) is 6.08 Å². The summed E-state index contributed by atoms with van der Waals surface area (Å²) < 4.78 is 0. The monoisotopic (exact) mass is 261 g/mol. The minimum atomic E-state index is -1.00. The molecule has 0 bridgehead atoms. The number of carboxylic acids is 1. The van der Waals surface area contributed by atoms with Crippen molar-refractivity contribution in [1.29, 1.82) is 0 Å². The van der Waals surface area contributed by atoms with Crippen molar-refractivity contribution < 1.29 is 14.7 Å². The molecule has 102 valence electrons. The Kier molecular flexibility index (Phi) is 5.30. The van der Waals surface area contributed by atoms with Gasteiger partial charge in [0.2, 0.25) is 0 Å². The first-order valence-electron chi connectivity index (χ1n) is 6.23. The minimum absolute atomic E-state index is 0.0371. The van der Waals surface area contributed by atoms with Crippen molar-refractivity contribution in [3.63, 3.8) is 0 Å². The Morgan fingerprint density at radius 2 is 2.05 bits per heavy atom. The van der Waals surface area contributed by atoms with Gasteiger partial charge in [-0.25, -0.2) is 4.79 Å². The number of rotatable bonds is 5. The van der Waals surface area contributed by atoms with Gasteiger partial charge < -0.3 is 10.0 Å². The average molecular weight is 261 g/mol. The zero-order valence-corrected chi connectivity index (χ0v) is 11.5. The molecular formula is C15H19NO3. The van der Waals surface area contributed by atoms with E-state index in [0.717, 1.165) is 23.6 Å². The van der Waals surface area contributed by atoms with E-state index in [4.69, 9.17) is 5.11 Å². The SMILES string of the molecule is CCCN(C)C(=O)c1cccc(C=CC(=O)O)c1C. The lowest BCUT2D eigenvalue weighted by molar-refractivity contribution is -0.131. The molecule has 0 saturated heterocycles. The summed E-state index contributed by atoms with van der Waals surface area (Å²) in [4.78, 5) is 24.4. The number of hydrogen-bond acceptors (Lipinski definition) is 2. The van der Waals surface area contributed by atoms with Gasteiger partial charge in [0, 0.05) is 25.2 Å². The van der Waals surface area contributed by atoms with Gasteiger partial charge in [-0.2, -0.15) is 0 Å². The second-order valence-electron chi connectivity index (χ2n) is 4.42. The zero-order valence-electron chi connectivity index (χ0n) is 11.5. The van der Waals surface area contributed by atoms with Crippen LogP contribution < -0.4 is 0 Å². The molecule has 0 aliphatic heterocycles. The fourth-order valence-electron chi connectivity index (χ4n) is 1.87. The number of aliphatic carboxylic acids is 1. The molecule has 0 aliphatic rings. The largest absolute Gasteiger partial charge is 0.478 e. The summed E-state index contributed by atoms with van der Waals surface area (Å²) >= 11 is 0. The van der Waals surface area contributed by atoms with Crippen molar-refractivity contribution in [2.24, 2.45) is 0 Å². The third kappa shape index (κ3) is 3.95. The van der Waals surface area contributed by atoms with Gasteiger partial charge in [0.15, 0.2) is 0 Å². The Morgan fingerprint density at radius 3 is 2.63 bits per heavy atom. The van der Waals surface area contributed by atoms with Crippen LogP contribution in [0, 0.1) is 6.92 Å². The normalized spacial score (nSPS) is 10.7. The van der Waals surface area contributed by atoms with E-state index in [9.17, 15) is 9.59 Å². The maximum atomic E-state index is 12.2. The summed E-state index contributed by atoms with van der Waals surface area (Å²) in [6, 6.07) is 5.33. The third-order valence-electron chi connectivity index (χ3n) is 2.92. The van der Waals surface area contributed by atoms with Crippen LogP contribution in [0.15, 0.2) is 24.3 Å². The van der Waals surface area contributed by atoms with E-state index in [1.807, 2.05) is 13.8 Å². The highest BCUT2D eigenvalue weighted by molar-refractivity contribution is 5.96.